The van der Waals surface area contributed by atoms with E-state index in [1.807, 2.05) is 32.9 Å². The summed E-state index contributed by atoms with van der Waals surface area (Å²) in [6.45, 7) is 5.88. The lowest BCUT2D eigenvalue weighted by atomic mass is 10.0. The third-order valence-corrected chi connectivity index (χ3v) is 6.67. The minimum atomic E-state index is -3.43. The number of carbonyl (C=O) groups excluding carboxylic acids is 1. The molecule has 0 atom stereocenters. The van der Waals surface area contributed by atoms with Crippen LogP contribution in [0.3, 0.4) is 0 Å². The number of nitrogens with one attached hydrogen (secondary N) is 1. The topological polar surface area (TPSA) is 89.3 Å². The molecule has 0 unspecified atom stereocenters. The Labute approximate surface area is 187 Å². The Balaban J connectivity index is 1.53. The molecular formula is C23H25ClN2O4S. The number of oxazole rings is 1. The SMILES string of the molecule is Cc1cc(C)c(NC(=O)CCCS(=O)(=O)Cc2coc(-c3cccc(Cl)c3)n2)c(C)c1. The molecule has 6 nitrogen and oxygen atoms in total. The van der Waals surface area contributed by atoms with Crippen LogP contribution in [0.25, 0.3) is 11.5 Å². The number of benzene rings is 2. The lowest BCUT2D eigenvalue weighted by Crippen LogP contribution is -2.16. The standard InChI is InChI=1S/C23H25ClN2O4S/c1-15-10-16(2)22(17(3)11-15)26-21(27)8-5-9-31(28,29)14-20-13-30-23(25-20)18-6-4-7-19(24)12-18/h4,6-7,10-13H,5,8-9,14H2,1-3H3,(H,26,27). The molecule has 1 aromatic heterocycles. The number of aryl methyl sites for hydroxylation is 3. The Kier molecular flexibility index (Phi) is 7.18. The minimum Gasteiger partial charge on any atom is -0.444 e. The summed E-state index contributed by atoms with van der Waals surface area (Å²) in [5.41, 5.74) is 4.89. The van der Waals surface area contributed by atoms with Crippen molar-refractivity contribution in [2.24, 2.45) is 0 Å². The second-order valence-electron chi connectivity index (χ2n) is 7.67. The van der Waals surface area contributed by atoms with Gasteiger partial charge in [-0.2, -0.15) is 0 Å². The Morgan fingerprint density at radius 2 is 1.84 bits per heavy atom. The van der Waals surface area contributed by atoms with Crippen molar-refractivity contribution < 1.29 is 17.6 Å². The Morgan fingerprint density at radius 1 is 1.13 bits per heavy atom. The molecule has 0 radical (unpaired) electrons. The van der Waals surface area contributed by atoms with E-state index in [1.165, 1.54) is 6.26 Å². The zero-order chi connectivity index (χ0) is 22.6. The van der Waals surface area contributed by atoms with Gasteiger partial charge in [0, 0.05) is 22.7 Å². The van der Waals surface area contributed by atoms with Crippen molar-refractivity contribution >= 4 is 33.0 Å². The summed E-state index contributed by atoms with van der Waals surface area (Å²) in [6.07, 6.45) is 1.69. The van der Waals surface area contributed by atoms with Gasteiger partial charge in [0.2, 0.25) is 11.8 Å². The Bertz CT molecular complexity index is 1180. The maximum atomic E-state index is 12.5. The minimum absolute atomic E-state index is 0.106. The van der Waals surface area contributed by atoms with E-state index in [1.54, 1.807) is 24.3 Å². The second kappa shape index (κ2) is 9.66. The van der Waals surface area contributed by atoms with Crippen LogP contribution in [0.15, 0.2) is 47.1 Å². The Morgan fingerprint density at radius 3 is 2.52 bits per heavy atom. The molecule has 3 rings (SSSR count). The van der Waals surface area contributed by atoms with E-state index in [0.29, 0.717) is 22.2 Å². The molecule has 0 spiro atoms. The molecule has 0 saturated carbocycles. The van der Waals surface area contributed by atoms with Crippen molar-refractivity contribution in [3.63, 3.8) is 0 Å². The van der Waals surface area contributed by atoms with Gasteiger partial charge in [-0.25, -0.2) is 13.4 Å². The molecule has 0 aliphatic carbocycles. The third kappa shape index (κ3) is 6.42. The Hall–Kier alpha value is -2.64. The van der Waals surface area contributed by atoms with Gasteiger partial charge in [0.1, 0.15) is 6.26 Å². The maximum Gasteiger partial charge on any atom is 0.226 e. The fraction of sp³-hybridized carbons (Fsp3) is 0.304. The lowest BCUT2D eigenvalue weighted by Gasteiger charge is -2.12. The number of sulfone groups is 1. The zero-order valence-electron chi connectivity index (χ0n) is 17.7. The molecule has 1 amide bonds. The molecule has 0 bridgehead atoms. The predicted octanol–water partition coefficient (Wildman–Crippen LogP) is 5.25. The van der Waals surface area contributed by atoms with Gasteiger partial charge < -0.3 is 9.73 Å². The molecule has 0 aliphatic rings. The molecule has 0 fully saturated rings. The average Bonchev–Trinajstić information content (AvgIpc) is 3.12. The van der Waals surface area contributed by atoms with Crippen molar-refractivity contribution in [1.82, 2.24) is 4.98 Å². The van der Waals surface area contributed by atoms with Crippen LogP contribution >= 0.6 is 11.6 Å². The van der Waals surface area contributed by atoms with Crippen LogP contribution in [-0.4, -0.2) is 25.1 Å². The van der Waals surface area contributed by atoms with Crippen LogP contribution in [0.4, 0.5) is 5.69 Å². The number of halogens is 1. The number of amides is 1. The van der Waals surface area contributed by atoms with Crippen molar-refractivity contribution in [2.75, 3.05) is 11.1 Å². The van der Waals surface area contributed by atoms with Crippen LogP contribution in [-0.2, 0) is 20.4 Å². The van der Waals surface area contributed by atoms with E-state index in [4.69, 9.17) is 16.0 Å². The smallest absolute Gasteiger partial charge is 0.226 e. The fourth-order valence-electron chi connectivity index (χ4n) is 3.46. The van der Waals surface area contributed by atoms with Gasteiger partial charge in [-0.3, -0.25) is 4.79 Å². The first-order valence-electron chi connectivity index (χ1n) is 9.91. The molecule has 2 aromatic carbocycles. The lowest BCUT2D eigenvalue weighted by molar-refractivity contribution is -0.116. The highest BCUT2D eigenvalue weighted by Gasteiger charge is 2.17. The second-order valence-corrected chi connectivity index (χ2v) is 10.3. The van der Waals surface area contributed by atoms with E-state index < -0.39 is 9.84 Å². The van der Waals surface area contributed by atoms with Crippen molar-refractivity contribution in [1.29, 1.82) is 0 Å². The molecule has 3 aromatic rings. The highest BCUT2D eigenvalue weighted by molar-refractivity contribution is 7.90. The molecule has 8 heteroatoms. The third-order valence-electron chi connectivity index (χ3n) is 4.79. The summed E-state index contributed by atoms with van der Waals surface area (Å²) in [6, 6.07) is 11.0. The van der Waals surface area contributed by atoms with Crippen molar-refractivity contribution in [3.8, 4) is 11.5 Å². The first-order chi connectivity index (χ1) is 14.6. The van der Waals surface area contributed by atoms with Crippen LogP contribution < -0.4 is 5.32 Å². The summed E-state index contributed by atoms with van der Waals surface area (Å²) < 4.78 is 30.3. The van der Waals surface area contributed by atoms with Crippen LogP contribution in [0.1, 0.15) is 35.2 Å². The molecule has 0 saturated heterocycles. The van der Waals surface area contributed by atoms with Gasteiger partial charge in [-0.1, -0.05) is 35.4 Å². The van der Waals surface area contributed by atoms with Gasteiger partial charge in [0.15, 0.2) is 9.84 Å². The molecule has 31 heavy (non-hydrogen) atoms. The fourth-order valence-corrected chi connectivity index (χ4v) is 4.96. The van der Waals surface area contributed by atoms with Crippen molar-refractivity contribution in [3.05, 3.63) is 70.1 Å². The predicted molar refractivity (Wildman–Crippen MR) is 123 cm³/mol. The normalized spacial score (nSPS) is 11.5. The van der Waals surface area contributed by atoms with Gasteiger partial charge in [0.25, 0.3) is 0 Å². The zero-order valence-corrected chi connectivity index (χ0v) is 19.3. The van der Waals surface area contributed by atoms with E-state index in [0.717, 1.165) is 22.4 Å². The van der Waals surface area contributed by atoms with E-state index >= 15 is 0 Å². The monoisotopic (exact) mass is 460 g/mol. The quantitative estimate of drug-likeness (QED) is 0.495. The molecule has 1 N–H and O–H groups in total. The van der Waals surface area contributed by atoms with Crippen LogP contribution in [0, 0.1) is 20.8 Å². The highest BCUT2D eigenvalue weighted by Crippen LogP contribution is 2.24. The summed E-state index contributed by atoms with van der Waals surface area (Å²) in [5.74, 6) is -0.230. The van der Waals surface area contributed by atoms with E-state index in [-0.39, 0.29) is 30.3 Å². The van der Waals surface area contributed by atoms with Gasteiger partial charge in [-0.15, -0.1) is 0 Å². The number of carbonyl (C=O) groups is 1. The summed E-state index contributed by atoms with van der Waals surface area (Å²) in [4.78, 5) is 16.5. The molecular weight excluding hydrogens is 436 g/mol. The molecule has 164 valence electrons. The molecule has 0 aliphatic heterocycles. The summed E-state index contributed by atoms with van der Waals surface area (Å²) in [7, 11) is -3.43. The highest BCUT2D eigenvalue weighted by atomic mass is 35.5. The number of anilines is 1. The summed E-state index contributed by atoms with van der Waals surface area (Å²) >= 11 is 5.97. The van der Waals surface area contributed by atoms with Gasteiger partial charge in [0.05, 0.1) is 17.2 Å². The van der Waals surface area contributed by atoms with E-state index in [9.17, 15) is 13.2 Å². The van der Waals surface area contributed by atoms with Gasteiger partial charge >= 0.3 is 0 Å². The number of hydrogen-bond acceptors (Lipinski definition) is 5. The molecule has 1 heterocycles. The number of nitrogens with zero attached hydrogens (tertiary/aromatic N) is 1. The summed E-state index contributed by atoms with van der Waals surface area (Å²) in [5, 5.41) is 3.44. The van der Waals surface area contributed by atoms with Crippen LogP contribution in [0.2, 0.25) is 5.02 Å². The maximum absolute atomic E-state index is 12.5. The number of rotatable bonds is 8. The van der Waals surface area contributed by atoms with Crippen molar-refractivity contribution in [2.45, 2.75) is 39.4 Å². The van der Waals surface area contributed by atoms with Gasteiger partial charge in [-0.05, 0) is 56.5 Å². The first kappa shape index (κ1) is 23.0. The van der Waals surface area contributed by atoms with E-state index in [2.05, 4.69) is 10.3 Å². The van der Waals surface area contributed by atoms with Crippen LogP contribution in [0.5, 0.6) is 0 Å². The first-order valence-corrected chi connectivity index (χ1v) is 12.1. The average molecular weight is 461 g/mol. The number of hydrogen-bond donors (Lipinski definition) is 1. The largest absolute Gasteiger partial charge is 0.444 e. The number of aromatic nitrogens is 1.